The monoisotopic (exact) mass is 280 g/mol. The summed E-state index contributed by atoms with van der Waals surface area (Å²) < 4.78 is 5.70. The Morgan fingerprint density at radius 2 is 1.95 bits per heavy atom. The SMILES string of the molecule is CCCNC1COCC1CN(C)CC1CC2CCC1C2. The summed E-state index contributed by atoms with van der Waals surface area (Å²) in [6.45, 7) is 7.74. The molecule has 3 fully saturated rings. The van der Waals surface area contributed by atoms with Crippen LogP contribution in [0, 0.1) is 23.7 Å². The zero-order chi connectivity index (χ0) is 13.9. The quantitative estimate of drug-likeness (QED) is 0.775. The maximum Gasteiger partial charge on any atom is 0.0623 e. The highest BCUT2D eigenvalue weighted by Crippen LogP contribution is 2.48. The molecule has 0 aromatic heterocycles. The molecule has 0 aromatic carbocycles. The highest BCUT2D eigenvalue weighted by Gasteiger charge is 2.40. The molecule has 0 aromatic rings. The lowest BCUT2D eigenvalue weighted by Crippen LogP contribution is -2.42. The molecule has 3 rings (SSSR count). The van der Waals surface area contributed by atoms with E-state index in [1.807, 2.05) is 0 Å². The van der Waals surface area contributed by atoms with E-state index in [-0.39, 0.29) is 0 Å². The lowest BCUT2D eigenvalue weighted by Gasteiger charge is -2.30. The Balaban J connectivity index is 1.42. The van der Waals surface area contributed by atoms with Gasteiger partial charge in [-0.1, -0.05) is 13.3 Å². The van der Waals surface area contributed by atoms with Crippen LogP contribution in [-0.4, -0.2) is 50.8 Å². The molecule has 1 N–H and O–H groups in total. The molecular weight excluding hydrogens is 248 g/mol. The minimum absolute atomic E-state index is 0.581. The Bertz CT molecular complexity index is 309. The average molecular weight is 280 g/mol. The first kappa shape index (κ1) is 14.8. The molecule has 2 bridgehead atoms. The van der Waals surface area contributed by atoms with Crippen molar-refractivity contribution >= 4 is 0 Å². The first-order chi connectivity index (χ1) is 9.76. The molecular formula is C17H32N2O. The molecule has 5 atom stereocenters. The van der Waals surface area contributed by atoms with Crippen molar-refractivity contribution < 1.29 is 4.74 Å². The molecule has 2 saturated carbocycles. The number of nitrogens with one attached hydrogen (secondary N) is 1. The zero-order valence-electron chi connectivity index (χ0n) is 13.3. The third kappa shape index (κ3) is 3.37. The van der Waals surface area contributed by atoms with Crippen LogP contribution in [0.5, 0.6) is 0 Å². The van der Waals surface area contributed by atoms with Crippen molar-refractivity contribution in [2.45, 2.75) is 45.1 Å². The van der Waals surface area contributed by atoms with Gasteiger partial charge in [-0.3, -0.25) is 0 Å². The number of nitrogens with zero attached hydrogens (tertiary/aromatic N) is 1. The fourth-order valence-corrected chi connectivity index (χ4v) is 4.81. The van der Waals surface area contributed by atoms with Crippen LogP contribution in [0.1, 0.15) is 39.0 Å². The van der Waals surface area contributed by atoms with E-state index >= 15 is 0 Å². The number of ether oxygens (including phenoxy) is 1. The van der Waals surface area contributed by atoms with E-state index in [0.717, 1.165) is 37.5 Å². The third-order valence-electron chi connectivity index (χ3n) is 5.83. The highest BCUT2D eigenvalue weighted by molar-refractivity contribution is 4.91. The van der Waals surface area contributed by atoms with Gasteiger partial charge in [0, 0.05) is 25.0 Å². The second-order valence-corrected chi connectivity index (χ2v) is 7.51. The number of hydrogen-bond acceptors (Lipinski definition) is 3. The molecule has 2 aliphatic carbocycles. The molecule has 0 amide bonds. The summed E-state index contributed by atoms with van der Waals surface area (Å²) in [4.78, 5) is 2.59. The topological polar surface area (TPSA) is 24.5 Å². The predicted molar refractivity (Wildman–Crippen MR) is 82.8 cm³/mol. The van der Waals surface area contributed by atoms with E-state index in [2.05, 4.69) is 24.2 Å². The van der Waals surface area contributed by atoms with Crippen molar-refractivity contribution in [3.63, 3.8) is 0 Å². The maximum atomic E-state index is 5.70. The van der Waals surface area contributed by atoms with E-state index in [4.69, 9.17) is 4.74 Å². The Morgan fingerprint density at radius 3 is 2.65 bits per heavy atom. The Labute approximate surface area is 124 Å². The van der Waals surface area contributed by atoms with Crippen LogP contribution in [0.3, 0.4) is 0 Å². The Morgan fingerprint density at radius 1 is 1.10 bits per heavy atom. The highest BCUT2D eigenvalue weighted by atomic mass is 16.5. The Kier molecular flexibility index (Phi) is 5.00. The third-order valence-corrected chi connectivity index (χ3v) is 5.83. The van der Waals surface area contributed by atoms with Gasteiger partial charge in [0.15, 0.2) is 0 Å². The van der Waals surface area contributed by atoms with E-state index < -0.39 is 0 Å². The van der Waals surface area contributed by atoms with Crippen molar-refractivity contribution in [2.75, 3.05) is 39.9 Å². The van der Waals surface area contributed by atoms with Gasteiger partial charge in [0.25, 0.3) is 0 Å². The van der Waals surface area contributed by atoms with Crippen molar-refractivity contribution in [2.24, 2.45) is 23.7 Å². The van der Waals surface area contributed by atoms with E-state index in [0.29, 0.717) is 12.0 Å². The summed E-state index contributed by atoms with van der Waals surface area (Å²) in [5, 5.41) is 3.66. The molecule has 3 heteroatoms. The summed E-state index contributed by atoms with van der Waals surface area (Å²) in [5.74, 6) is 3.80. The molecule has 116 valence electrons. The van der Waals surface area contributed by atoms with Crippen molar-refractivity contribution in [3.05, 3.63) is 0 Å². The molecule has 0 spiro atoms. The number of fused-ring (bicyclic) bond motifs is 2. The maximum absolute atomic E-state index is 5.70. The van der Waals surface area contributed by atoms with Gasteiger partial charge in [0.2, 0.25) is 0 Å². The standard InChI is InChI=1S/C17H32N2O/c1-3-6-18-17-12-20-11-16(17)10-19(2)9-15-8-13-4-5-14(15)7-13/h13-18H,3-12H2,1-2H3. The minimum Gasteiger partial charge on any atom is -0.379 e. The van der Waals surface area contributed by atoms with Crippen LogP contribution >= 0.6 is 0 Å². The summed E-state index contributed by atoms with van der Waals surface area (Å²) >= 11 is 0. The molecule has 3 nitrogen and oxygen atoms in total. The molecule has 3 aliphatic rings. The van der Waals surface area contributed by atoms with Gasteiger partial charge < -0.3 is 15.0 Å². The number of rotatable bonds is 7. The lowest BCUT2D eigenvalue weighted by atomic mass is 9.88. The van der Waals surface area contributed by atoms with Gasteiger partial charge in [0.1, 0.15) is 0 Å². The normalized spacial score (nSPS) is 40.0. The van der Waals surface area contributed by atoms with E-state index in [1.54, 1.807) is 0 Å². The lowest BCUT2D eigenvalue weighted by molar-refractivity contribution is 0.161. The van der Waals surface area contributed by atoms with Gasteiger partial charge >= 0.3 is 0 Å². The van der Waals surface area contributed by atoms with Gasteiger partial charge in [-0.25, -0.2) is 0 Å². The van der Waals surface area contributed by atoms with E-state index in [1.165, 1.54) is 45.2 Å². The smallest absolute Gasteiger partial charge is 0.0623 e. The zero-order valence-corrected chi connectivity index (χ0v) is 13.3. The molecule has 5 unspecified atom stereocenters. The van der Waals surface area contributed by atoms with Crippen LogP contribution < -0.4 is 5.32 Å². The first-order valence-corrected chi connectivity index (χ1v) is 8.76. The van der Waals surface area contributed by atoms with Crippen LogP contribution in [0.25, 0.3) is 0 Å². The van der Waals surface area contributed by atoms with Crippen LogP contribution in [0.2, 0.25) is 0 Å². The molecule has 1 saturated heterocycles. The Hall–Kier alpha value is -0.120. The largest absolute Gasteiger partial charge is 0.379 e. The average Bonchev–Trinajstić information content (AvgIpc) is 3.13. The summed E-state index contributed by atoms with van der Waals surface area (Å²) in [5.41, 5.74) is 0. The molecule has 1 aliphatic heterocycles. The summed E-state index contributed by atoms with van der Waals surface area (Å²) in [6, 6.07) is 0.581. The van der Waals surface area contributed by atoms with Crippen molar-refractivity contribution in [1.82, 2.24) is 10.2 Å². The van der Waals surface area contributed by atoms with Crippen LogP contribution in [-0.2, 0) is 4.74 Å². The van der Waals surface area contributed by atoms with Gasteiger partial charge in [-0.05, 0) is 57.0 Å². The van der Waals surface area contributed by atoms with Gasteiger partial charge in [-0.2, -0.15) is 0 Å². The number of hydrogen-bond donors (Lipinski definition) is 1. The molecule has 1 heterocycles. The fourth-order valence-electron chi connectivity index (χ4n) is 4.81. The van der Waals surface area contributed by atoms with Crippen molar-refractivity contribution in [1.29, 1.82) is 0 Å². The van der Waals surface area contributed by atoms with Gasteiger partial charge in [-0.15, -0.1) is 0 Å². The molecule has 0 radical (unpaired) electrons. The van der Waals surface area contributed by atoms with Crippen molar-refractivity contribution in [3.8, 4) is 0 Å². The van der Waals surface area contributed by atoms with E-state index in [9.17, 15) is 0 Å². The molecule has 20 heavy (non-hydrogen) atoms. The first-order valence-electron chi connectivity index (χ1n) is 8.76. The minimum atomic E-state index is 0.581. The summed E-state index contributed by atoms with van der Waals surface area (Å²) in [6.07, 6.45) is 7.28. The second kappa shape index (κ2) is 6.76. The predicted octanol–water partition coefficient (Wildman–Crippen LogP) is 2.37. The van der Waals surface area contributed by atoms with Crippen LogP contribution in [0.15, 0.2) is 0 Å². The van der Waals surface area contributed by atoms with Crippen LogP contribution in [0.4, 0.5) is 0 Å². The fraction of sp³-hybridized carbons (Fsp3) is 1.00. The second-order valence-electron chi connectivity index (χ2n) is 7.51. The summed E-state index contributed by atoms with van der Waals surface area (Å²) in [7, 11) is 2.32. The van der Waals surface area contributed by atoms with Gasteiger partial charge in [0.05, 0.1) is 13.2 Å².